The summed E-state index contributed by atoms with van der Waals surface area (Å²) in [5, 5.41) is 0. The van der Waals surface area contributed by atoms with Gasteiger partial charge in [-0.2, -0.15) is 4.31 Å². The zero-order valence-corrected chi connectivity index (χ0v) is 20.1. The van der Waals surface area contributed by atoms with Gasteiger partial charge in [0.15, 0.2) is 5.58 Å². The first-order chi connectivity index (χ1) is 16.8. The van der Waals surface area contributed by atoms with Crippen LogP contribution in [0.2, 0.25) is 0 Å². The molecule has 35 heavy (non-hydrogen) atoms. The van der Waals surface area contributed by atoms with E-state index in [0.717, 1.165) is 28.1 Å². The lowest BCUT2D eigenvalue weighted by Crippen LogP contribution is -2.34. The first kappa shape index (κ1) is 21.6. The van der Waals surface area contributed by atoms with Gasteiger partial charge >= 0.3 is 5.76 Å². The van der Waals surface area contributed by atoms with E-state index in [1.54, 1.807) is 13.1 Å². The van der Waals surface area contributed by atoms with E-state index in [1.165, 1.54) is 21.0 Å². The third kappa shape index (κ3) is 3.37. The number of aromatic nitrogens is 2. The second-order valence-corrected chi connectivity index (χ2v) is 10.7. The van der Waals surface area contributed by atoms with Crippen LogP contribution in [0.5, 0.6) is 0 Å². The highest BCUT2D eigenvalue weighted by molar-refractivity contribution is 7.89. The fourth-order valence-electron chi connectivity index (χ4n) is 4.84. The van der Waals surface area contributed by atoms with E-state index in [9.17, 15) is 13.2 Å². The Bertz CT molecular complexity index is 1740. The summed E-state index contributed by atoms with van der Waals surface area (Å²) in [7, 11) is -2.41. The van der Waals surface area contributed by atoms with Crippen LogP contribution in [-0.2, 0) is 23.6 Å². The van der Waals surface area contributed by atoms with Crippen molar-refractivity contribution in [1.29, 1.82) is 0 Å². The minimum atomic E-state index is -4.00. The van der Waals surface area contributed by atoms with Crippen LogP contribution >= 0.6 is 0 Å². The Balaban J connectivity index is 1.59. The third-order valence-electron chi connectivity index (χ3n) is 6.69. The Morgan fingerprint density at radius 2 is 1.71 bits per heavy atom. The van der Waals surface area contributed by atoms with Crippen LogP contribution in [0.4, 0.5) is 0 Å². The zero-order chi connectivity index (χ0) is 24.3. The van der Waals surface area contributed by atoms with Crippen molar-refractivity contribution in [3.05, 3.63) is 118 Å². The fourth-order valence-corrected chi connectivity index (χ4v) is 6.43. The van der Waals surface area contributed by atoms with Crippen molar-refractivity contribution in [3.63, 3.8) is 0 Å². The summed E-state index contributed by atoms with van der Waals surface area (Å²) < 4.78 is 38.8. The van der Waals surface area contributed by atoms with Gasteiger partial charge in [0, 0.05) is 37.2 Å². The molecule has 1 unspecified atom stereocenters. The molecule has 3 heterocycles. The number of nitrogens with zero attached hydrogens (tertiary/aromatic N) is 3. The molecule has 1 aliphatic rings. The summed E-state index contributed by atoms with van der Waals surface area (Å²) in [5.41, 5.74) is 5.46. The summed E-state index contributed by atoms with van der Waals surface area (Å²) in [6, 6.07) is 23.7. The maximum Gasteiger partial charge on any atom is 0.419 e. The number of rotatable bonds is 3. The smallest absolute Gasteiger partial charge is 0.408 e. The largest absolute Gasteiger partial charge is 0.419 e. The number of aryl methyl sites for hydroxylation is 2. The van der Waals surface area contributed by atoms with Gasteiger partial charge in [0.1, 0.15) is 0 Å². The molecule has 5 aromatic rings. The number of fused-ring (bicyclic) bond motifs is 4. The highest BCUT2D eigenvalue weighted by Crippen LogP contribution is 2.40. The molecule has 0 saturated heterocycles. The molecule has 0 aliphatic carbocycles. The van der Waals surface area contributed by atoms with Crippen LogP contribution in [0.1, 0.15) is 28.4 Å². The van der Waals surface area contributed by atoms with E-state index in [-0.39, 0.29) is 17.0 Å². The van der Waals surface area contributed by atoms with Gasteiger partial charge in [-0.1, -0.05) is 48.0 Å². The van der Waals surface area contributed by atoms with Gasteiger partial charge in [0.25, 0.3) is 0 Å². The molecule has 0 saturated carbocycles. The molecule has 8 heteroatoms. The maximum atomic E-state index is 14.3. The Morgan fingerprint density at radius 1 is 0.943 bits per heavy atom. The molecule has 0 amide bonds. The Hall–Kier alpha value is -3.88. The third-order valence-corrected chi connectivity index (χ3v) is 8.50. The van der Waals surface area contributed by atoms with E-state index in [0.29, 0.717) is 5.52 Å². The van der Waals surface area contributed by atoms with E-state index in [1.807, 2.05) is 73.8 Å². The van der Waals surface area contributed by atoms with E-state index < -0.39 is 21.8 Å². The average molecular weight is 486 g/mol. The van der Waals surface area contributed by atoms with E-state index in [2.05, 4.69) is 4.57 Å². The van der Waals surface area contributed by atoms with Gasteiger partial charge in [0.05, 0.1) is 16.5 Å². The van der Waals surface area contributed by atoms with Gasteiger partial charge in [-0.3, -0.25) is 4.57 Å². The van der Waals surface area contributed by atoms with Gasteiger partial charge in [-0.05, 0) is 48.4 Å². The van der Waals surface area contributed by atoms with Crippen molar-refractivity contribution >= 4 is 21.1 Å². The topological polar surface area (TPSA) is 77.5 Å². The van der Waals surface area contributed by atoms with Crippen molar-refractivity contribution in [3.8, 4) is 5.69 Å². The molecule has 0 bridgehead atoms. The van der Waals surface area contributed by atoms with Crippen LogP contribution in [0.25, 0.3) is 16.8 Å². The van der Waals surface area contributed by atoms with Crippen LogP contribution in [-0.4, -0.2) is 21.9 Å². The predicted molar refractivity (Wildman–Crippen MR) is 133 cm³/mol. The lowest BCUT2D eigenvalue weighted by Gasteiger charge is -2.30. The van der Waals surface area contributed by atoms with Crippen LogP contribution in [0, 0.1) is 6.92 Å². The van der Waals surface area contributed by atoms with Gasteiger partial charge < -0.3 is 8.98 Å². The normalized spacial score (nSPS) is 16.1. The zero-order valence-electron chi connectivity index (χ0n) is 19.3. The van der Waals surface area contributed by atoms with Crippen molar-refractivity contribution < 1.29 is 12.8 Å². The number of oxazole rings is 1. The molecule has 0 spiro atoms. The monoisotopic (exact) mass is 485 g/mol. The second kappa shape index (κ2) is 7.83. The first-order valence-corrected chi connectivity index (χ1v) is 12.7. The van der Waals surface area contributed by atoms with Crippen molar-refractivity contribution in [2.75, 3.05) is 0 Å². The summed E-state index contributed by atoms with van der Waals surface area (Å²) >= 11 is 0. The molecule has 1 aliphatic heterocycles. The highest BCUT2D eigenvalue weighted by atomic mass is 32.2. The molecule has 1 atom stereocenters. The molecule has 0 N–H and O–H groups in total. The summed E-state index contributed by atoms with van der Waals surface area (Å²) in [6.07, 6.45) is 1.97. The summed E-state index contributed by atoms with van der Waals surface area (Å²) in [5.74, 6) is -0.534. The van der Waals surface area contributed by atoms with Gasteiger partial charge in [-0.25, -0.2) is 13.2 Å². The molecule has 7 nitrogen and oxygen atoms in total. The van der Waals surface area contributed by atoms with Crippen LogP contribution in [0.15, 0.2) is 99.2 Å². The number of hydrogen-bond acceptors (Lipinski definition) is 4. The molecule has 176 valence electrons. The Labute approximate surface area is 202 Å². The molecular formula is C27H23N3O4S. The van der Waals surface area contributed by atoms with Crippen molar-refractivity contribution in [2.45, 2.75) is 24.4 Å². The number of para-hydroxylation sites is 1. The first-order valence-electron chi connectivity index (χ1n) is 11.3. The van der Waals surface area contributed by atoms with E-state index in [4.69, 9.17) is 4.42 Å². The fraction of sp³-hybridized carbons (Fsp3) is 0.148. The number of sulfonamides is 1. The standard InChI is InChI=1S/C27H23N3O4S/c1-18-9-11-19(12-10-18)26-24-8-5-15-29(24)22-7-4-3-6-20(22)17-30(26)35(32,33)21-13-14-23-25(16-21)34-27(31)28(23)2/h3-16,26H,17H2,1-2H3. The minimum absolute atomic E-state index is 0.0777. The highest BCUT2D eigenvalue weighted by Gasteiger charge is 2.38. The molecule has 6 rings (SSSR count). The van der Waals surface area contributed by atoms with Crippen molar-refractivity contribution in [2.24, 2.45) is 7.05 Å². The van der Waals surface area contributed by atoms with Gasteiger partial charge in [0.2, 0.25) is 10.0 Å². The second-order valence-electron chi connectivity index (χ2n) is 8.85. The molecular weight excluding hydrogens is 462 g/mol. The summed E-state index contributed by atoms with van der Waals surface area (Å²) in [4.78, 5) is 12.1. The molecule has 0 fully saturated rings. The van der Waals surface area contributed by atoms with Crippen molar-refractivity contribution in [1.82, 2.24) is 13.4 Å². The maximum absolute atomic E-state index is 14.3. The summed E-state index contributed by atoms with van der Waals surface area (Å²) in [6.45, 7) is 2.20. The van der Waals surface area contributed by atoms with E-state index >= 15 is 0 Å². The lowest BCUT2D eigenvalue weighted by atomic mass is 10.0. The van der Waals surface area contributed by atoms with Crippen LogP contribution < -0.4 is 5.76 Å². The number of hydrogen-bond donors (Lipinski definition) is 0. The Morgan fingerprint density at radius 3 is 2.51 bits per heavy atom. The predicted octanol–water partition coefficient (Wildman–Crippen LogP) is 4.52. The SMILES string of the molecule is Cc1ccc(C2c3cccn3-c3ccccc3CN2S(=O)(=O)c2ccc3c(c2)oc(=O)n3C)cc1. The quantitative estimate of drug-likeness (QED) is 0.376. The van der Waals surface area contributed by atoms with Gasteiger partial charge in [-0.15, -0.1) is 0 Å². The molecule has 3 aromatic carbocycles. The molecule has 0 radical (unpaired) electrons. The number of benzene rings is 3. The van der Waals surface area contributed by atoms with Crippen LogP contribution in [0.3, 0.4) is 0 Å². The minimum Gasteiger partial charge on any atom is -0.408 e. The molecule has 2 aromatic heterocycles. The average Bonchev–Trinajstić information content (AvgIpc) is 3.40. The lowest BCUT2D eigenvalue weighted by molar-refractivity contribution is 0.353. The Kier molecular flexibility index (Phi) is 4.84.